The standard InChI is InChI=1S/C20H20F2N2O2/c21-17-9-5-14(12-18(17)22)6-10-19(25)23-13-15-3-7-16(8-4-15)24-11-1-2-20(24)26/h3-5,7-9,12H,1-2,6,10-11,13H2,(H,23,25). The molecule has 0 spiro atoms. The minimum absolute atomic E-state index is 0.142. The molecule has 0 atom stereocenters. The van der Waals surface area contributed by atoms with Gasteiger partial charge in [-0.25, -0.2) is 8.78 Å². The average molecular weight is 358 g/mol. The summed E-state index contributed by atoms with van der Waals surface area (Å²) in [4.78, 5) is 25.4. The molecule has 26 heavy (non-hydrogen) atoms. The molecule has 2 aromatic rings. The minimum atomic E-state index is -0.903. The van der Waals surface area contributed by atoms with Crippen LogP contribution in [0.2, 0.25) is 0 Å². The summed E-state index contributed by atoms with van der Waals surface area (Å²) in [7, 11) is 0. The van der Waals surface area contributed by atoms with Crippen LogP contribution in [0.15, 0.2) is 42.5 Å². The number of nitrogens with zero attached hydrogens (tertiary/aromatic N) is 1. The van der Waals surface area contributed by atoms with Gasteiger partial charge in [-0.15, -0.1) is 0 Å². The highest BCUT2D eigenvalue weighted by Gasteiger charge is 2.21. The van der Waals surface area contributed by atoms with Gasteiger partial charge in [0.25, 0.3) is 0 Å². The fourth-order valence-corrected chi connectivity index (χ4v) is 2.96. The van der Waals surface area contributed by atoms with Gasteiger partial charge in [-0.1, -0.05) is 18.2 Å². The molecule has 3 rings (SSSR count). The van der Waals surface area contributed by atoms with Gasteiger partial charge in [-0.3, -0.25) is 9.59 Å². The number of nitrogens with one attached hydrogen (secondary N) is 1. The van der Waals surface area contributed by atoms with Crippen LogP contribution in [0.4, 0.5) is 14.5 Å². The van der Waals surface area contributed by atoms with Crippen LogP contribution in [0.5, 0.6) is 0 Å². The number of carbonyl (C=O) groups is 2. The summed E-state index contributed by atoms with van der Waals surface area (Å²) in [5, 5.41) is 2.81. The Morgan fingerprint density at radius 1 is 1.04 bits per heavy atom. The molecule has 2 aromatic carbocycles. The molecule has 4 nitrogen and oxygen atoms in total. The Hall–Kier alpha value is -2.76. The zero-order chi connectivity index (χ0) is 18.5. The van der Waals surface area contributed by atoms with Crippen LogP contribution in [-0.4, -0.2) is 18.4 Å². The van der Waals surface area contributed by atoms with Crippen molar-refractivity contribution in [1.82, 2.24) is 5.32 Å². The smallest absolute Gasteiger partial charge is 0.227 e. The van der Waals surface area contributed by atoms with Crippen molar-refractivity contribution in [3.05, 3.63) is 65.2 Å². The van der Waals surface area contributed by atoms with Crippen molar-refractivity contribution in [2.75, 3.05) is 11.4 Å². The number of benzene rings is 2. The van der Waals surface area contributed by atoms with E-state index in [1.54, 1.807) is 4.90 Å². The summed E-state index contributed by atoms with van der Waals surface area (Å²) < 4.78 is 26.0. The molecule has 0 radical (unpaired) electrons. The normalized spacial score (nSPS) is 13.9. The summed E-state index contributed by atoms with van der Waals surface area (Å²) in [5.41, 5.74) is 2.39. The van der Waals surface area contributed by atoms with Crippen LogP contribution in [-0.2, 0) is 22.6 Å². The SMILES string of the molecule is O=C(CCc1ccc(F)c(F)c1)NCc1ccc(N2CCCC2=O)cc1. The summed E-state index contributed by atoms with van der Waals surface area (Å²) in [6.07, 6.45) is 2.02. The third-order valence-corrected chi connectivity index (χ3v) is 4.44. The highest BCUT2D eigenvalue weighted by molar-refractivity contribution is 5.95. The van der Waals surface area contributed by atoms with Crippen molar-refractivity contribution in [2.24, 2.45) is 0 Å². The van der Waals surface area contributed by atoms with E-state index < -0.39 is 11.6 Å². The number of hydrogen-bond donors (Lipinski definition) is 1. The monoisotopic (exact) mass is 358 g/mol. The third kappa shape index (κ3) is 4.45. The summed E-state index contributed by atoms with van der Waals surface area (Å²) in [6, 6.07) is 11.2. The van der Waals surface area contributed by atoms with Gasteiger partial charge in [-0.05, 0) is 48.2 Å². The maximum absolute atomic E-state index is 13.1. The van der Waals surface area contributed by atoms with Crippen molar-refractivity contribution < 1.29 is 18.4 Å². The van der Waals surface area contributed by atoms with Crippen LogP contribution >= 0.6 is 0 Å². The van der Waals surface area contributed by atoms with Crippen molar-refractivity contribution in [3.63, 3.8) is 0 Å². The molecule has 0 bridgehead atoms. The number of rotatable bonds is 6. The first kappa shape index (κ1) is 18.0. The van der Waals surface area contributed by atoms with E-state index in [-0.39, 0.29) is 18.2 Å². The molecular weight excluding hydrogens is 338 g/mol. The summed E-state index contributed by atoms with van der Waals surface area (Å²) in [6.45, 7) is 1.13. The number of aryl methyl sites for hydroxylation is 1. The Morgan fingerprint density at radius 2 is 1.77 bits per heavy atom. The quantitative estimate of drug-likeness (QED) is 0.861. The van der Waals surface area contributed by atoms with E-state index in [1.165, 1.54) is 6.07 Å². The molecule has 6 heteroatoms. The maximum Gasteiger partial charge on any atom is 0.227 e. The predicted molar refractivity (Wildman–Crippen MR) is 94.6 cm³/mol. The van der Waals surface area contributed by atoms with E-state index >= 15 is 0 Å². The molecule has 1 fully saturated rings. The fraction of sp³-hybridized carbons (Fsp3) is 0.300. The van der Waals surface area contributed by atoms with E-state index in [2.05, 4.69) is 5.32 Å². The largest absolute Gasteiger partial charge is 0.352 e. The predicted octanol–water partition coefficient (Wildman–Crippen LogP) is 3.34. The van der Waals surface area contributed by atoms with Gasteiger partial charge in [0.15, 0.2) is 11.6 Å². The Kier molecular flexibility index (Phi) is 5.61. The molecule has 1 aliphatic rings. The van der Waals surface area contributed by atoms with E-state index in [4.69, 9.17) is 0 Å². The zero-order valence-corrected chi connectivity index (χ0v) is 14.3. The Labute approximate surface area is 150 Å². The molecule has 136 valence electrons. The first-order valence-corrected chi connectivity index (χ1v) is 8.63. The van der Waals surface area contributed by atoms with Gasteiger partial charge in [0.05, 0.1) is 0 Å². The second-order valence-corrected chi connectivity index (χ2v) is 6.34. The lowest BCUT2D eigenvalue weighted by atomic mass is 10.1. The zero-order valence-electron chi connectivity index (χ0n) is 14.3. The second kappa shape index (κ2) is 8.08. The molecule has 1 N–H and O–H groups in total. The van der Waals surface area contributed by atoms with E-state index in [9.17, 15) is 18.4 Å². The van der Waals surface area contributed by atoms with Crippen LogP contribution in [0.3, 0.4) is 0 Å². The molecule has 1 heterocycles. The van der Waals surface area contributed by atoms with Crippen LogP contribution in [0.1, 0.15) is 30.4 Å². The van der Waals surface area contributed by atoms with E-state index in [1.807, 2.05) is 24.3 Å². The van der Waals surface area contributed by atoms with Gasteiger partial charge >= 0.3 is 0 Å². The van der Waals surface area contributed by atoms with Crippen LogP contribution in [0.25, 0.3) is 0 Å². The van der Waals surface area contributed by atoms with Gasteiger partial charge in [0, 0.05) is 31.6 Å². The first-order chi connectivity index (χ1) is 12.5. The highest BCUT2D eigenvalue weighted by Crippen LogP contribution is 2.21. The maximum atomic E-state index is 13.1. The van der Waals surface area contributed by atoms with Crippen LogP contribution in [0, 0.1) is 11.6 Å². The van der Waals surface area contributed by atoms with Gasteiger partial charge in [-0.2, -0.15) is 0 Å². The van der Waals surface area contributed by atoms with Gasteiger partial charge < -0.3 is 10.2 Å². The fourth-order valence-electron chi connectivity index (χ4n) is 2.96. The molecule has 0 saturated carbocycles. The Morgan fingerprint density at radius 3 is 2.42 bits per heavy atom. The minimum Gasteiger partial charge on any atom is -0.352 e. The van der Waals surface area contributed by atoms with Gasteiger partial charge in [0.2, 0.25) is 11.8 Å². The van der Waals surface area contributed by atoms with Gasteiger partial charge in [0.1, 0.15) is 0 Å². The van der Waals surface area contributed by atoms with Crippen molar-refractivity contribution >= 4 is 17.5 Å². The molecule has 1 saturated heterocycles. The summed E-state index contributed by atoms with van der Waals surface area (Å²) in [5.74, 6) is -1.81. The average Bonchev–Trinajstić information content (AvgIpc) is 3.07. The van der Waals surface area contributed by atoms with Crippen molar-refractivity contribution in [3.8, 4) is 0 Å². The Balaban J connectivity index is 1.46. The summed E-state index contributed by atoms with van der Waals surface area (Å²) >= 11 is 0. The van der Waals surface area contributed by atoms with E-state index in [0.29, 0.717) is 24.9 Å². The number of hydrogen-bond acceptors (Lipinski definition) is 2. The topological polar surface area (TPSA) is 49.4 Å². The van der Waals surface area contributed by atoms with Crippen molar-refractivity contribution in [1.29, 1.82) is 0 Å². The number of amides is 2. The van der Waals surface area contributed by atoms with Crippen molar-refractivity contribution in [2.45, 2.75) is 32.2 Å². The first-order valence-electron chi connectivity index (χ1n) is 8.63. The molecule has 0 unspecified atom stereocenters. The highest BCUT2D eigenvalue weighted by atomic mass is 19.2. The Bertz CT molecular complexity index is 806. The number of halogens is 2. The molecular formula is C20H20F2N2O2. The molecule has 0 aromatic heterocycles. The third-order valence-electron chi connectivity index (χ3n) is 4.44. The molecule has 2 amide bonds. The number of anilines is 1. The number of carbonyl (C=O) groups excluding carboxylic acids is 2. The second-order valence-electron chi connectivity index (χ2n) is 6.34. The lowest BCUT2D eigenvalue weighted by molar-refractivity contribution is -0.121. The lowest BCUT2D eigenvalue weighted by Gasteiger charge is -2.16. The molecule has 0 aliphatic carbocycles. The van der Waals surface area contributed by atoms with Crippen LogP contribution < -0.4 is 10.2 Å². The molecule has 1 aliphatic heterocycles. The van der Waals surface area contributed by atoms with E-state index in [0.717, 1.165) is 36.3 Å². The lowest BCUT2D eigenvalue weighted by Crippen LogP contribution is -2.24.